The Morgan fingerprint density at radius 3 is 2.44 bits per heavy atom. The normalized spacial score (nSPS) is 15.0. The molecule has 2 heterocycles. The maximum Gasteiger partial charge on any atom is 0.274 e. The Morgan fingerprint density at radius 1 is 1.12 bits per heavy atom. The van der Waals surface area contributed by atoms with Crippen LogP contribution in [0.15, 0.2) is 42.6 Å². The quantitative estimate of drug-likeness (QED) is 0.863. The van der Waals surface area contributed by atoms with Crippen LogP contribution in [0.3, 0.4) is 0 Å². The van der Waals surface area contributed by atoms with E-state index < -0.39 is 0 Å². The van der Waals surface area contributed by atoms with Gasteiger partial charge in [0, 0.05) is 36.2 Å². The Kier molecular flexibility index (Phi) is 5.12. The second-order valence-corrected chi connectivity index (χ2v) is 6.66. The third kappa shape index (κ3) is 4.24. The molecule has 1 aliphatic heterocycles. The number of amides is 1. The van der Waals surface area contributed by atoms with Gasteiger partial charge in [0.25, 0.3) is 5.91 Å². The fraction of sp³-hybridized carbons (Fsp3) is 0.350. The van der Waals surface area contributed by atoms with Gasteiger partial charge in [-0.2, -0.15) is 0 Å². The van der Waals surface area contributed by atoms with E-state index in [9.17, 15) is 9.59 Å². The third-order valence-electron chi connectivity index (χ3n) is 4.67. The van der Waals surface area contributed by atoms with Gasteiger partial charge in [0.2, 0.25) is 0 Å². The van der Waals surface area contributed by atoms with Gasteiger partial charge in [-0.25, -0.2) is 0 Å². The number of Topliss-reactive ketones (excluding diaryl/α,β-unsaturated/α-hetero) is 1. The molecular weight excluding hydrogens is 314 g/mol. The number of aromatic nitrogens is 1. The van der Waals surface area contributed by atoms with Crippen LogP contribution in [0.2, 0.25) is 0 Å². The predicted molar refractivity (Wildman–Crippen MR) is 99.2 cm³/mol. The first-order valence-electron chi connectivity index (χ1n) is 8.66. The lowest BCUT2D eigenvalue weighted by molar-refractivity contribution is 0.101. The van der Waals surface area contributed by atoms with Gasteiger partial charge in [0.05, 0.1) is 0 Å². The largest absolute Gasteiger partial charge is 0.371 e. The van der Waals surface area contributed by atoms with Crippen LogP contribution in [0.25, 0.3) is 0 Å². The zero-order valence-electron chi connectivity index (χ0n) is 14.7. The monoisotopic (exact) mass is 337 g/mol. The summed E-state index contributed by atoms with van der Waals surface area (Å²) in [6, 6.07) is 10.7. The van der Waals surface area contributed by atoms with Crippen molar-refractivity contribution in [2.75, 3.05) is 23.3 Å². The van der Waals surface area contributed by atoms with Crippen molar-refractivity contribution in [3.05, 3.63) is 53.9 Å². The van der Waals surface area contributed by atoms with Crippen molar-refractivity contribution in [3.8, 4) is 0 Å². The van der Waals surface area contributed by atoms with Gasteiger partial charge in [-0.05, 0) is 62.1 Å². The number of nitrogens with zero attached hydrogens (tertiary/aromatic N) is 2. The second kappa shape index (κ2) is 7.47. The number of benzene rings is 1. The number of hydrogen-bond donors (Lipinski definition) is 1. The highest BCUT2D eigenvalue weighted by Crippen LogP contribution is 2.23. The van der Waals surface area contributed by atoms with Crippen molar-refractivity contribution in [1.82, 2.24) is 4.98 Å². The van der Waals surface area contributed by atoms with Crippen LogP contribution in [0, 0.1) is 5.92 Å². The second-order valence-electron chi connectivity index (χ2n) is 6.66. The third-order valence-corrected chi connectivity index (χ3v) is 4.67. The molecule has 1 amide bonds. The van der Waals surface area contributed by atoms with Gasteiger partial charge in [-0.3, -0.25) is 14.6 Å². The van der Waals surface area contributed by atoms with Gasteiger partial charge in [-0.1, -0.05) is 6.92 Å². The fourth-order valence-corrected chi connectivity index (χ4v) is 2.99. The standard InChI is InChI=1S/C20H23N3O2/c1-14-8-11-23(12-9-14)18-7-10-21-19(13-18)20(25)22-17-5-3-16(4-6-17)15(2)24/h3-7,10,13-14H,8-9,11-12H2,1-2H3,(H,22,25). The summed E-state index contributed by atoms with van der Waals surface area (Å²) in [6.45, 7) is 5.82. The van der Waals surface area contributed by atoms with E-state index in [0.29, 0.717) is 16.9 Å². The molecule has 1 aromatic carbocycles. The number of pyridine rings is 1. The summed E-state index contributed by atoms with van der Waals surface area (Å²) in [5.74, 6) is 0.518. The molecule has 5 heteroatoms. The van der Waals surface area contributed by atoms with Crippen molar-refractivity contribution in [2.45, 2.75) is 26.7 Å². The zero-order valence-corrected chi connectivity index (χ0v) is 14.7. The molecule has 1 N–H and O–H groups in total. The van der Waals surface area contributed by atoms with E-state index in [4.69, 9.17) is 0 Å². The topological polar surface area (TPSA) is 62.3 Å². The summed E-state index contributed by atoms with van der Waals surface area (Å²) >= 11 is 0. The molecule has 2 aromatic rings. The van der Waals surface area contributed by atoms with E-state index in [-0.39, 0.29) is 11.7 Å². The van der Waals surface area contributed by atoms with Crippen molar-refractivity contribution < 1.29 is 9.59 Å². The van der Waals surface area contributed by atoms with E-state index in [1.54, 1.807) is 30.5 Å². The minimum absolute atomic E-state index is 0.00287. The lowest BCUT2D eigenvalue weighted by Crippen LogP contribution is -2.33. The zero-order chi connectivity index (χ0) is 17.8. The number of piperidine rings is 1. The number of ketones is 1. The molecule has 0 aliphatic carbocycles. The van der Waals surface area contributed by atoms with Crippen LogP contribution < -0.4 is 10.2 Å². The minimum Gasteiger partial charge on any atom is -0.371 e. The average molecular weight is 337 g/mol. The Morgan fingerprint density at radius 2 is 1.80 bits per heavy atom. The molecule has 0 atom stereocenters. The first-order chi connectivity index (χ1) is 12.0. The number of nitrogens with one attached hydrogen (secondary N) is 1. The number of rotatable bonds is 4. The number of hydrogen-bond acceptors (Lipinski definition) is 4. The molecule has 0 radical (unpaired) electrons. The Balaban J connectivity index is 1.69. The van der Waals surface area contributed by atoms with Gasteiger partial charge >= 0.3 is 0 Å². The Hall–Kier alpha value is -2.69. The summed E-state index contributed by atoms with van der Waals surface area (Å²) in [7, 11) is 0. The maximum absolute atomic E-state index is 12.5. The molecule has 1 fully saturated rings. The summed E-state index contributed by atoms with van der Waals surface area (Å²) in [4.78, 5) is 30.3. The van der Waals surface area contributed by atoms with E-state index in [1.165, 1.54) is 19.8 Å². The van der Waals surface area contributed by atoms with E-state index in [2.05, 4.69) is 22.1 Å². The molecule has 0 unspecified atom stereocenters. The highest BCUT2D eigenvalue weighted by atomic mass is 16.2. The van der Waals surface area contributed by atoms with Gasteiger partial charge in [0.1, 0.15) is 5.69 Å². The molecule has 0 bridgehead atoms. The SMILES string of the molecule is CC(=O)c1ccc(NC(=O)c2cc(N3CCC(C)CC3)ccn2)cc1. The van der Waals surface area contributed by atoms with Gasteiger partial charge in [-0.15, -0.1) is 0 Å². The lowest BCUT2D eigenvalue weighted by Gasteiger charge is -2.32. The highest BCUT2D eigenvalue weighted by molar-refractivity contribution is 6.03. The van der Waals surface area contributed by atoms with Gasteiger partial charge < -0.3 is 10.2 Å². The van der Waals surface area contributed by atoms with E-state index >= 15 is 0 Å². The molecule has 1 aliphatic rings. The molecule has 25 heavy (non-hydrogen) atoms. The molecule has 130 valence electrons. The number of carbonyl (C=O) groups excluding carboxylic acids is 2. The van der Waals surface area contributed by atoms with E-state index in [1.807, 2.05) is 12.1 Å². The van der Waals surface area contributed by atoms with Crippen LogP contribution in [0.5, 0.6) is 0 Å². The van der Waals surface area contributed by atoms with Crippen molar-refractivity contribution in [2.24, 2.45) is 5.92 Å². The predicted octanol–water partition coefficient (Wildman–Crippen LogP) is 3.77. The fourth-order valence-electron chi connectivity index (χ4n) is 2.99. The molecule has 1 aromatic heterocycles. The molecule has 0 spiro atoms. The lowest BCUT2D eigenvalue weighted by atomic mass is 9.99. The van der Waals surface area contributed by atoms with E-state index in [0.717, 1.165) is 24.7 Å². The Bertz CT molecular complexity index is 763. The molecule has 3 rings (SSSR count). The summed E-state index contributed by atoms with van der Waals surface area (Å²) < 4.78 is 0. The average Bonchev–Trinajstić information content (AvgIpc) is 2.63. The molecule has 0 saturated carbocycles. The van der Waals surface area contributed by atoms with Crippen molar-refractivity contribution in [3.63, 3.8) is 0 Å². The summed E-state index contributed by atoms with van der Waals surface area (Å²) in [6.07, 6.45) is 4.03. The van der Waals surface area contributed by atoms with Crippen LogP contribution in [-0.2, 0) is 0 Å². The van der Waals surface area contributed by atoms with Crippen LogP contribution in [-0.4, -0.2) is 29.8 Å². The van der Waals surface area contributed by atoms with Crippen LogP contribution >= 0.6 is 0 Å². The van der Waals surface area contributed by atoms with Crippen LogP contribution in [0.1, 0.15) is 47.5 Å². The first kappa shape index (κ1) is 17.1. The number of anilines is 2. The van der Waals surface area contributed by atoms with Crippen molar-refractivity contribution >= 4 is 23.1 Å². The summed E-state index contributed by atoms with van der Waals surface area (Å²) in [5.41, 5.74) is 2.71. The molecule has 1 saturated heterocycles. The van der Waals surface area contributed by atoms with Crippen LogP contribution in [0.4, 0.5) is 11.4 Å². The first-order valence-corrected chi connectivity index (χ1v) is 8.66. The summed E-state index contributed by atoms with van der Waals surface area (Å²) in [5, 5.41) is 2.83. The van der Waals surface area contributed by atoms with Crippen molar-refractivity contribution in [1.29, 1.82) is 0 Å². The molecule has 5 nitrogen and oxygen atoms in total. The molecular formula is C20H23N3O2. The smallest absolute Gasteiger partial charge is 0.274 e. The van der Waals surface area contributed by atoms with Gasteiger partial charge in [0.15, 0.2) is 5.78 Å². The maximum atomic E-state index is 12.5. The number of carbonyl (C=O) groups is 2. The highest BCUT2D eigenvalue weighted by Gasteiger charge is 2.17. The Labute approximate surface area is 148 Å². The minimum atomic E-state index is -0.247.